The number of nitrogens with one attached hydrogen (secondary N) is 1. The maximum Gasteiger partial charge on any atom is 0.246 e. The van der Waals surface area contributed by atoms with Crippen molar-refractivity contribution in [2.24, 2.45) is 11.3 Å². The quantitative estimate of drug-likeness (QED) is 0.890. The van der Waals surface area contributed by atoms with E-state index in [0.717, 1.165) is 5.01 Å². The van der Waals surface area contributed by atoms with Gasteiger partial charge in [0.15, 0.2) is 0 Å². The van der Waals surface area contributed by atoms with E-state index in [2.05, 4.69) is 5.43 Å². The molecule has 0 bridgehead atoms. The monoisotopic (exact) mass is 264 g/mol. The Morgan fingerprint density at radius 3 is 2.63 bits per heavy atom. The number of rotatable bonds is 2. The lowest BCUT2D eigenvalue weighted by atomic mass is 9.74. The number of hydrogen-bond donors (Lipinski definition) is 1. The third-order valence-corrected chi connectivity index (χ3v) is 3.84. The molecule has 1 saturated heterocycles. The van der Waals surface area contributed by atoms with E-state index in [1.54, 1.807) is 13.0 Å². The number of hydrazine groups is 1. The fourth-order valence-electron chi connectivity index (χ4n) is 2.06. The van der Waals surface area contributed by atoms with Crippen LogP contribution in [0.4, 0.5) is 10.1 Å². The van der Waals surface area contributed by atoms with Crippen molar-refractivity contribution in [2.75, 3.05) is 5.01 Å². The van der Waals surface area contributed by atoms with Gasteiger partial charge in [-0.2, -0.15) is 0 Å². The number of halogens is 1. The Hall–Kier alpha value is -1.91. The predicted molar refractivity (Wildman–Crippen MR) is 69.6 cm³/mol. The van der Waals surface area contributed by atoms with Gasteiger partial charge in [0.1, 0.15) is 5.82 Å². The number of amides is 2. The molecule has 1 heterocycles. The van der Waals surface area contributed by atoms with Crippen LogP contribution in [0.15, 0.2) is 24.3 Å². The smallest absolute Gasteiger partial charge is 0.246 e. The number of hydrogen-bond acceptors (Lipinski definition) is 2. The van der Waals surface area contributed by atoms with Crippen LogP contribution in [0.3, 0.4) is 0 Å². The third-order valence-electron chi connectivity index (χ3n) is 3.84. The Kier molecular flexibility index (Phi) is 3.30. The van der Waals surface area contributed by atoms with E-state index in [-0.39, 0.29) is 24.2 Å². The molecule has 0 spiro atoms. The van der Waals surface area contributed by atoms with Gasteiger partial charge in [-0.05, 0) is 31.0 Å². The largest absolute Gasteiger partial charge is 0.273 e. The lowest BCUT2D eigenvalue weighted by molar-refractivity contribution is -0.143. The summed E-state index contributed by atoms with van der Waals surface area (Å²) in [6.45, 7) is 5.59. The molecule has 1 aromatic rings. The second-order valence-electron chi connectivity index (χ2n) is 5.40. The summed E-state index contributed by atoms with van der Waals surface area (Å²) in [5, 5.41) is 1.12. The van der Waals surface area contributed by atoms with Gasteiger partial charge in [0, 0.05) is 6.42 Å². The molecule has 4 nitrogen and oxygen atoms in total. The molecule has 19 heavy (non-hydrogen) atoms. The Labute approximate surface area is 111 Å². The van der Waals surface area contributed by atoms with Crippen molar-refractivity contribution in [2.45, 2.75) is 27.2 Å². The molecule has 1 aliphatic heterocycles. The van der Waals surface area contributed by atoms with Crippen molar-refractivity contribution in [3.63, 3.8) is 0 Å². The summed E-state index contributed by atoms with van der Waals surface area (Å²) in [5.41, 5.74) is 2.18. The number of carbonyl (C=O) groups excluding carboxylic acids is 2. The molecule has 1 aliphatic rings. The summed E-state index contributed by atoms with van der Waals surface area (Å²) in [6, 6.07) is 5.59. The molecular formula is C14H17FN2O2. The first-order valence-electron chi connectivity index (χ1n) is 6.24. The van der Waals surface area contributed by atoms with E-state index >= 15 is 0 Å². The van der Waals surface area contributed by atoms with Gasteiger partial charge < -0.3 is 0 Å². The molecule has 1 fully saturated rings. The van der Waals surface area contributed by atoms with Gasteiger partial charge in [-0.25, -0.2) is 9.40 Å². The first kappa shape index (κ1) is 13.5. The van der Waals surface area contributed by atoms with Crippen LogP contribution < -0.4 is 10.4 Å². The van der Waals surface area contributed by atoms with Crippen molar-refractivity contribution in [3.05, 3.63) is 30.1 Å². The highest BCUT2D eigenvalue weighted by Gasteiger charge is 2.45. The molecule has 0 radical (unpaired) electrons. The second-order valence-corrected chi connectivity index (χ2v) is 5.40. The first-order chi connectivity index (χ1) is 8.84. The van der Waals surface area contributed by atoms with Gasteiger partial charge in [-0.1, -0.05) is 19.9 Å². The van der Waals surface area contributed by atoms with Gasteiger partial charge in [0.25, 0.3) is 0 Å². The Morgan fingerprint density at radius 2 is 2.05 bits per heavy atom. The molecule has 0 aromatic heterocycles. The minimum Gasteiger partial charge on any atom is -0.273 e. The van der Waals surface area contributed by atoms with E-state index in [4.69, 9.17) is 0 Å². The van der Waals surface area contributed by atoms with Crippen molar-refractivity contribution in [1.82, 2.24) is 5.43 Å². The van der Waals surface area contributed by atoms with Gasteiger partial charge in [-0.3, -0.25) is 15.0 Å². The molecule has 2 rings (SSSR count). The SMILES string of the molecule is CC(C)C1(C)CC(=O)N(c2cccc(F)c2)NC1=O. The summed E-state index contributed by atoms with van der Waals surface area (Å²) >= 11 is 0. The molecule has 1 unspecified atom stereocenters. The van der Waals surface area contributed by atoms with Crippen LogP contribution in [0.1, 0.15) is 27.2 Å². The topological polar surface area (TPSA) is 49.4 Å². The zero-order chi connectivity index (χ0) is 14.2. The average Bonchev–Trinajstić information content (AvgIpc) is 2.33. The first-order valence-corrected chi connectivity index (χ1v) is 6.24. The second kappa shape index (κ2) is 4.64. The van der Waals surface area contributed by atoms with Crippen molar-refractivity contribution < 1.29 is 14.0 Å². The summed E-state index contributed by atoms with van der Waals surface area (Å²) in [6.07, 6.45) is 0.118. The van der Waals surface area contributed by atoms with Crippen molar-refractivity contribution in [3.8, 4) is 0 Å². The summed E-state index contributed by atoms with van der Waals surface area (Å²) < 4.78 is 13.2. The lowest BCUT2D eigenvalue weighted by Gasteiger charge is -2.40. The number of nitrogens with zero attached hydrogens (tertiary/aromatic N) is 1. The molecule has 5 heteroatoms. The summed E-state index contributed by atoms with van der Waals surface area (Å²) in [4.78, 5) is 24.3. The highest BCUT2D eigenvalue weighted by atomic mass is 19.1. The molecule has 1 N–H and O–H groups in total. The molecular weight excluding hydrogens is 247 g/mol. The van der Waals surface area contributed by atoms with E-state index in [0.29, 0.717) is 5.69 Å². The van der Waals surface area contributed by atoms with Gasteiger partial charge in [-0.15, -0.1) is 0 Å². The van der Waals surface area contributed by atoms with Gasteiger partial charge in [0.2, 0.25) is 11.8 Å². The average molecular weight is 264 g/mol. The van der Waals surface area contributed by atoms with E-state index in [1.807, 2.05) is 13.8 Å². The predicted octanol–water partition coefficient (Wildman–Crippen LogP) is 2.26. The fourth-order valence-corrected chi connectivity index (χ4v) is 2.06. The van der Waals surface area contributed by atoms with Crippen LogP contribution >= 0.6 is 0 Å². The molecule has 1 atom stereocenters. The van der Waals surface area contributed by atoms with Crippen LogP contribution in [0.25, 0.3) is 0 Å². The van der Waals surface area contributed by atoms with Gasteiger partial charge >= 0.3 is 0 Å². The molecule has 0 saturated carbocycles. The zero-order valence-electron chi connectivity index (χ0n) is 11.2. The summed E-state index contributed by atoms with van der Waals surface area (Å²) in [7, 11) is 0. The molecule has 0 aliphatic carbocycles. The molecule has 2 amide bonds. The Balaban J connectivity index is 2.29. The molecule has 102 valence electrons. The Bertz CT molecular complexity index is 530. The van der Waals surface area contributed by atoms with Crippen LogP contribution in [0, 0.1) is 17.2 Å². The lowest BCUT2D eigenvalue weighted by Crippen LogP contribution is -2.60. The van der Waals surface area contributed by atoms with Crippen molar-refractivity contribution in [1.29, 1.82) is 0 Å². The van der Waals surface area contributed by atoms with Crippen LogP contribution in [-0.4, -0.2) is 11.8 Å². The van der Waals surface area contributed by atoms with E-state index < -0.39 is 11.2 Å². The van der Waals surface area contributed by atoms with Crippen LogP contribution in [0.5, 0.6) is 0 Å². The van der Waals surface area contributed by atoms with Gasteiger partial charge in [0.05, 0.1) is 11.1 Å². The highest BCUT2D eigenvalue weighted by molar-refractivity contribution is 6.03. The number of benzene rings is 1. The third kappa shape index (κ3) is 2.32. The van der Waals surface area contributed by atoms with Crippen LogP contribution in [0.2, 0.25) is 0 Å². The van der Waals surface area contributed by atoms with Crippen molar-refractivity contribution >= 4 is 17.5 Å². The normalized spacial score (nSPS) is 23.7. The standard InChI is InChI=1S/C14H17FN2O2/c1-9(2)14(3)8-12(18)17(16-13(14)19)11-6-4-5-10(15)7-11/h4-7,9H,8H2,1-3H3,(H,16,19). The number of anilines is 1. The highest BCUT2D eigenvalue weighted by Crippen LogP contribution is 2.35. The maximum atomic E-state index is 13.2. The Morgan fingerprint density at radius 1 is 1.37 bits per heavy atom. The van der Waals surface area contributed by atoms with E-state index in [1.165, 1.54) is 18.2 Å². The van der Waals surface area contributed by atoms with Crippen LogP contribution in [-0.2, 0) is 9.59 Å². The minimum absolute atomic E-state index is 0.0473. The molecule has 1 aromatic carbocycles. The fraction of sp³-hybridized carbons (Fsp3) is 0.429. The maximum absolute atomic E-state index is 13.2. The minimum atomic E-state index is -0.721. The summed E-state index contributed by atoms with van der Waals surface area (Å²) in [5.74, 6) is -0.851. The van der Waals surface area contributed by atoms with E-state index in [9.17, 15) is 14.0 Å². The number of carbonyl (C=O) groups is 2. The zero-order valence-corrected chi connectivity index (χ0v) is 11.2.